The Kier molecular flexibility index (Phi) is 8.35. The second-order valence-electron chi connectivity index (χ2n) is 9.52. The molecule has 1 aromatic rings. The number of allylic oxidation sites excluding steroid dienone is 3. The molecule has 2 fully saturated rings. The van der Waals surface area contributed by atoms with Gasteiger partial charge in [-0.3, -0.25) is 0 Å². The minimum atomic E-state index is -4.60. The molecule has 1 aromatic carbocycles. The first-order valence-corrected chi connectivity index (χ1v) is 11.6. The van der Waals surface area contributed by atoms with Gasteiger partial charge in [-0.05, 0) is 86.0 Å². The molecule has 2 aliphatic carbocycles. The molecule has 0 bridgehead atoms. The van der Waals surface area contributed by atoms with Gasteiger partial charge < -0.3 is 0 Å². The van der Waals surface area contributed by atoms with E-state index in [-0.39, 0.29) is 12.0 Å². The molecule has 0 unspecified atom stereocenters. The van der Waals surface area contributed by atoms with E-state index in [4.69, 9.17) is 0 Å². The summed E-state index contributed by atoms with van der Waals surface area (Å²) in [6, 6.07) is 2.40. The average molecular weight is 441 g/mol. The van der Waals surface area contributed by atoms with Crippen LogP contribution in [0.15, 0.2) is 30.4 Å². The first kappa shape index (κ1) is 24.0. The molecule has 172 valence electrons. The Morgan fingerprint density at radius 2 is 1.52 bits per heavy atom. The molecule has 0 radical (unpaired) electrons. The van der Waals surface area contributed by atoms with E-state index >= 15 is 0 Å². The fourth-order valence-electron chi connectivity index (χ4n) is 5.06. The highest BCUT2D eigenvalue weighted by Crippen LogP contribution is 2.38. The van der Waals surface area contributed by atoms with Gasteiger partial charge in [0.25, 0.3) is 0 Å². The van der Waals surface area contributed by atoms with Crippen molar-refractivity contribution in [1.29, 1.82) is 0 Å². The number of alkyl halides is 3. The summed E-state index contributed by atoms with van der Waals surface area (Å²) in [5.41, 5.74) is -0.0850. The van der Waals surface area contributed by atoms with Crippen LogP contribution in [0.3, 0.4) is 0 Å². The molecule has 0 atom stereocenters. The van der Waals surface area contributed by atoms with E-state index in [9.17, 15) is 22.0 Å². The summed E-state index contributed by atoms with van der Waals surface area (Å²) in [5, 5.41) is 0. The Hall–Kier alpha value is -1.65. The van der Waals surface area contributed by atoms with Crippen molar-refractivity contribution < 1.29 is 22.0 Å². The molecule has 5 heteroatoms. The lowest BCUT2D eigenvalue weighted by Crippen LogP contribution is -2.13. The van der Waals surface area contributed by atoms with Gasteiger partial charge in [-0.2, -0.15) is 13.2 Å². The van der Waals surface area contributed by atoms with Crippen LogP contribution >= 0.6 is 0 Å². The topological polar surface area (TPSA) is 0 Å². The minimum Gasteiger partial charge on any atom is -0.206 e. The maximum absolute atomic E-state index is 14.2. The van der Waals surface area contributed by atoms with Crippen molar-refractivity contribution in [3.05, 3.63) is 53.1 Å². The van der Waals surface area contributed by atoms with Crippen LogP contribution in [-0.2, 0) is 0 Å². The van der Waals surface area contributed by atoms with Crippen LogP contribution in [0, 0.1) is 29.4 Å². The Labute approximate surface area is 182 Å². The first-order valence-electron chi connectivity index (χ1n) is 11.6. The van der Waals surface area contributed by atoms with Gasteiger partial charge in [-0.15, -0.1) is 0 Å². The molecule has 0 aliphatic heterocycles. The van der Waals surface area contributed by atoms with Gasteiger partial charge in [-0.25, -0.2) is 8.78 Å². The third kappa shape index (κ3) is 7.47. The van der Waals surface area contributed by atoms with Gasteiger partial charge in [0.2, 0.25) is 0 Å². The van der Waals surface area contributed by atoms with Crippen LogP contribution in [0.5, 0.6) is 0 Å². The Morgan fingerprint density at radius 3 is 2.10 bits per heavy atom. The number of halogens is 5. The fourth-order valence-corrected chi connectivity index (χ4v) is 5.06. The van der Waals surface area contributed by atoms with Gasteiger partial charge in [0, 0.05) is 11.6 Å². The van der Waals surface area contributed by atoms with Crippen molar-refractivity contribution in [2.45, 2.75) is 83.2 Å². The fraction of sp³-hybridized carbons (Fsp3) is 0.615. The predicted molar refractivity (Wildman–Crippen MR) is 116 cm³/mol. The smallest absolute Gasteiger partial charge is 0.206 e. The van der Waals surface area contributed by atoms with E-state index in [1.165, 1.54) is 44.2 Å². The highest BCUT2D eigenvalue weighted by atomic mass is 19.4. The summed E-state index contributed by atoms with van der Waals surface area (Å²) in [6.45, 7) is 2.34. The van der Waals surface area contributed by atoms with Crippen molar-refractivity contribution in [3.8, 4) is 0 Å². The molecule has 0 nitrogen and oxygen atoms in total. The summed E-state index contributed by atoms with van der Waals surface area (Å²) in [4.78, 5) is 0. The van der Waals surface area contributed by atoms with Crippen molar-refractivity contribution in [2.24, 2.45) is 17.8 Å². The molecule has 31 heavy (non-hydrogen) atoms. The number of benzene rings is 1. The van der Waals surface area contributed by atoms with Crippen LogP contribution < -0.4 is 0 Å². The van der Waals surface area contributed by atoms with E-state index in [1.54, 1.807) is 0 Å². The standard InChI is InChI=1S/C26H33F5/c1-18-6-8-19(9-7-18)4-2-3-5-20-10-12-21(13-11-20)22-16-24(27)23(25(28)17-22)14-15-26(29,30)31/h3,5,14-21H,2,4,6-13H2,1H3. The molecule has 0 saturated heterocycles. The van der Waals surface area contributed by atoms with E-state index in [2.05, 4.69) is 19.1 Å². The number of hydrogen-bond donors (Lipinski definition) is 0. The molecule has 2 aliphatic rings. The molecule has 0 spiro atoms. The molecule has 0 heterocycles. The van der Waals surface area contributed by atoms with Crippen LogP contribution in [-0.4, -0.2) is 6.18 Å². The Bertz CT molecular complexity index is 737. The van der Waals surface area contributed by atoms with Gasteiger partial charge >= 0.3 is 6.18 Å². The Balaban J connectivity index is 1.47. The SMILES string of the molecule is CC1CCC(CCC=CC2CCC(c3cc(F)c(C=CC(F)(F)F)c(F)c3)CC2)CC1. The third-order valence-electron chi connectivity index (χ3n) is 7.07. The highest BCUT2D eigenvalue weighted by molar-refractivity contribution is 5.52. The average Bonchev–Trinajstić information content (AvgIpc) is 2.71. The molecule has 3 rings (SSSR count). The minimum absolute atomic E-state index is 0.0542. The van der Waals surface area contributed by atoms with Crippen LogP contribution in [0.4, 0.5) is 22.0 Å². The van der Waals surface area contributed by atoms with Gasteiger partial charge in [0.05, 0.1) is 0 Å². The summed E-state index contributed by atoms with van der Waals surface area (Å²) < 4.78 is 65.3. The maximum atomic E-state index is 14.2. The van der Waals surface area contributed by atoms with E-state index in [1.807, 2.05) is 0 Å². The molecule has 0 amide bonds. The zero-order chi connectivity index (χ0) is 22.4. The lowest BCUT2D eigenvalue weighted by molar-refractivity contribution is -0.0790. The molecule has 2 saturated carbocycles. The maximum Gasteiger partial charge on any atom is 0.409 e. The second kappa shape index (κ2) is 10.8. The summed E-state index contributed by atoms with van der Waals surface area (Å²) in [6.07, 6.45) is 11.8. The quantitative estimate of drug-likeness (QED) is 0.306. The highest BCUT2D eigenvalue weighted by Gasteiger charge is 2.25. The summed E-state index contributed by atoms with van der Waals surface area (Å²) in [7, 11) is 0. The first-order chi connectivity index (χ1) is 14.7. The summed E-state index contributed by atoms with van der Waals surface area (Å²) in [5.74, 6) is 0.445. The normalized spacial score (nSPS) is 27.9. The van der Waals surface area contributed by atoms with Crippen molar-refractivity contribution in [2.75, 3.05) is 0 Å². The van der Waals surface area contributed by atoms with Gasteiger partial charge in [-0.1, -0.05) is 44.8 Å². The van der Waals surface area contributed by atoms with Crippen LogP contribution in [0.25, 0.3) is 6.08 Å². The van der Waals surface area contributed by atoms with Crippen molar-refractivity contribution in [1.82, 2.24) is 0 Å². The molecular weight excluding hydrogens is 407 g/mol. The number of hydrogen-bond acceptors (Lipinski definition) is 0. The van der Waals surface area contributed by atoms with Gasteiger partial charge in [0.1, 0.15) is 11.6 Å². The zero-order valence-electron chi connectivity index (χ0n) is 18.2. The van der Waals surface area contributed by atoms with Crippen LogP contribution in [0.1, 0.15) is 88.2 Å². The largest absolute Gasteiger partial charge is 0.409 e. The van der Waals surface area contributed by atoms with Crippen molar-refractivity contribution >= 4 is 6.08 Å². The van der Waals surface area contributed by atoms with Gasteiger partial charge in [0.15, 0.2) is 0 Å². The lowest BCUT2D eigenvalue weighted by Gasteiger charge is -2.27. The lowest BCUT2D eigenvalue weighted by atomic mass is 9.78. The third-order valence-corrected chi connectivity index (χ3v) is 7.07. The summed E-state index contributed by atoms with van der Waals surface area (Å²) >= 11 is 0. The van der Waals surface area contributed by atoms with E-state index in [0.717, 1.165) is 43.9 Å². The van der Waals surface area contributed by atoms with Crippen molar-refractivity contribution in [3.63, 3.8) is 0 Å². The van der Waals surface area contributed by atoms with E-state index in [0.29, 0.717) is 17.6 Å². The monoisotopic (exact) mass is 440 g/mol. The zero-order valence-corrected chi connectivity index (χ0v) is 18.2. The molecule has 0 aromatic heterocycles. The molecule has 0 N–H and O–H groups in total. The molecular formula is C26H33F5. The Morgan fingerprint density at radius 1 is 0.903 bits per heavy atom. The van der Waals surface area contributed by atoms with E-state index < -0.39 is 23.4 Å². The predicted octanol–water partition coefficient (Wildman–Crippen LogP) is 8.98. The number of rotatable bonds is 6. The second-order valence-corrected chi connectivity index (χ2v) is 9.52. The van der Waals surface area contributed by atoms with Crippen LogP contribution in [0.2, 0.25) is 0 Å².